The molecule has 5 nitrogen and oxygen atoms in total. The quantitative estimate of drug-likeness (QED) is 0.802. The molecule has 0 bridgehead atoms. The average Bonchev–Trinajstić information content (AvgIpc) is 2.42. The first-order chi connectivity index (χ1) is 9.54. The predicted molar refractivity (Wildman–Crippen MR) is 75.3 cm³/mol. The molecular formula is C15H16N2O3. The van der Waals surface area contributed by atoms with Crippen molar-refractivity contribution in [2.24, 2.45) is 0 Å². The van der Waals surface area contributed by atoms with Gasteiger partial charge < -0.3 is 4.74 Å². The predicted octanol–water partition coefficient (Wildman–Crippen LogP) is 2.03. The highest BCUT2D eigenvalue weighted by molar-refractivity contribution is 5.86. The number of esters is 1. The molecule has 1 aromatic carbocycles. The molecule has 0 atom stereocenters. The zero-order valence-electron chi connectivity index (χ0n) is 11.7. The third kappa shape index (κ3) is 2.61. The number of ether oxygens (including phenoxy) is 1. The van der Waals surface area contributed by atoms with Crippen LogP contribution in [0.15, 0.2) is 35.4 Å². The summed E-state index contributed by atoms with van der Waals surface area (Å²) in [6.07, 6.45) is 1.36. The van der Waals surface area contributed by atoms with Gasteiger partial charge in [0.1, 0.15) is 6.33 Å². The second kappa shape index (κ2) is 5.69. The van der Waals surface area contributed by atoms with E-state index in [2.05, 4.69) is 4.98 Å². The number of carbonyl (C=O) groups is 1. The number of hydrogen-bond donors (Lipinski definition) is 0. The van der Waals surface area contributed by atoms with Crippen LogP contribution >= 0.6 is 0 Å². The van der Waals surface area contributed by atoms with Gasteiger partial charge in [0.2, 0.25) is 0 Å². The van der Waals surface area contributed by atoms with E-state index in [9.17, 15) is 9.59 Å². The van der Waals surface area contributed by atoms with Crippen LogP contribution in [-0.2, 0) is 4.74 Å². The fourth-order valence-corrected chi connectivity index (χ4v) is 1.89. The molecule has 0 saturated heterocycles. The van der Waals surface area contributed by atoms with Crippen molar-refractivity contribution in [3.05, 3.63) is 57.8 Å². The number of aryl methyl sites for hydroxylation is 1. The summed E-state index contributed by atoms with van der Waals surface area (Å²) in [5, 5.41) is 0. The molecule has 0 spiro atoms. The smallest absolute Gasteiger partial charge is 0.357 e. The van der Waals surface area contributed by atoms with E-state index in [0.29, 0.717) is 0 Å². The van der Waals surface area contributed by atoms with E-state index in [1.807, 2.05) is 32.0 Å². The Balaban J connectivity index is 2.47. The van der Waals surface area contributed by atoms with Gasteiger partial charge in [0.25, 0.3) is 5.56 Å². The molecular weight excluding hydrogens is 256 g/mol. The first-order valence-corrected chi connectivity index (χ1v) is 6.37. The normalized spacial score (nSPS) is 10.3. The Morgan fingerprint density at radius 1 is 1.35 bits per heavy atom. The Bertz CT molecular complexity index is 705. The van der Waals surface area contributed by atoms with Crippen molar-refractivity contribution in [3.8, 4) is 5.69 Å². The molecule has 2 rings (SSSR count). The molecule has 0 amide bonds. The van der Waals surface area contributed by atoms with Crippen molar-refractivity contribution in [2.75, 3.05) is 6.61 Å². The number of benzene rings is 1. The van der Waals surface area contributed by atoms with Crippen LogP contribution in [-0.4, -0.2) is 22.1 Å². The zero-order valence-corrected chi connectivity index (χ0v) is 11.7. The summed E-state index contributed by atoms with van der Waals surface area (Å²) < 4.78 is 6.24. The Labute approximate surface area is 116 Å². The van der Waals surface area contributed by atoms with E-state index in [4.69, 9.17) is 4.74 Å². The van der Waals surface area contributed by atoms with Crippen LogP contribution in [0.25, 0.3) is 5.69 Å². The maximum Gasteiger partial charge on any atom is 0.357 e. The number of rotatable bonds is 3. The van der Waals surface area contributed by atoms with Gasteiger partial charge in [-0.2, -0.15) is 0 Å². The Hall–Kier alpha value is -2.43. The molecule has 0 saturated carbocycles. The van der Waals surface area contributed by atoms with Gasteiger partial charge in [0.05, 0.1) is 12.3 Å². The molecule has 0 aliphatic carbocycles. The van der Waals surface area contributed by atoms with Gasteiger partial charge in [-0.15, -0.1) is 0 Å². The highest BCUT2D eigenvalue weighted by atomic mass is 16.5. The van der Waals surface area contributed by atoms with Crippen LogP contribution < -0.4 is 5.56 Å². The summed E-state index contributed by atoms with van der Waals surface area (Å²) in [4.78, 5) is 27.7. The van der Waals surface area contributed by atoms with Crippen LogP contribution in [0, 0.1) is 13.8 Å². The average molecular weight is 272 g/mol. The lowest BCUT2D eigenvalue weighted by atomic mass is 10.1. The van der Waals surface area contributed by atoms with Crippen molar-refractivity contribution < 1.29 is 9.53 Å². The summed E-state index contributed by atoms with van der Waals surface area (Å²) in [5.74, 6) is -0.585. The van der Waals surface area contributed by atoms with E-state index in [-0.39, 0.29) is 17.9 Å². The molecule has 0 unspecified atom stereocenters. The molecule has 0 N–H and O–H groups in total. The van der Waals surface area contributed by atoms with Gasteiger partial charge in [-0.05, 0) is 38.0 Å². The summed E-state index contributed by atoms with van der Waals surface area (Å²) in [7, 11) is 0. The zero-order chi connectivity index (χ0) is 14.7. The second-order valence-corrected chi connectivity index (χ2v) is 4.42. The summed E-state index contributed by atoms with van der Waals surface area (Å²) in [6.45, 7) is 5.87. The topological polar surface area (TPSA) is 61.2 Å². The Kier molecular flexibility index (Phi) is 3.98. The van der Waals surface area contributed by atoms with Crippen LogP contribution in [0.5, 0.6) is 0 Å². The lowest BCUT2D eigenvalue weighted by molar-refractivity contribution is 0.0519. The molecule has 20 heavy (non-hydrogen) atoms. The van der Waals surface area contributed by atoms with Crippen molar-refractivity contribution in [1.82, 2.24) is 9.55 Å². The summed E-state index contributed by atoms with van der Waals surface area (Å²) >= 11 is 0. The number of aromatic nitrogens is 2. The van der Waals surface area contributed by atoms with Crippen molar-refractivity contribution >= 4 is 5.97 Å². The SMILES string of the molecule is CCOC(=O)c1cc(=O)n(-c2cccc(C)c2C)cn1. The maximum absolute atomic E-state index is 12.1. The van der Waals surface area contributed by atoms with E-state index < -0.39 is 5.97 Å². The minimum atomic E-state index is -0.585. The van der Waals surface area contributed by atoms with Gasteiger partial charge in [0, 0.05) is 6.07 Å². The molecule has 0 fully saturated rings. The van der Waals surface area contributed by atoms with Gasteiger partial charge in [-0.3, -0.25) is 9.36 Å². The minimum absolute atomic E-state index is 0.0263. The molecule has 0 aliphatic heterocycles. The first kappa shape index (κ1) is 14.0. The Morgan fingerprint density at radius 2 is 2.10 bits per heavy atom. The molecule has 0 aliphatic rings. The molecule has 1 heterocycles. The minimum Gasteiger partial charge on any atom is -0.461 e. The van der Waals surface area contributed by atoms with Crippen LogP contribution in [0.3, 0.4) is 0 Å². The third-order valence-electron chi connectivity index (χ3n) is 3.13. The van der Waals surface area contributed by atoms with Crippen LogP contribution in [0.1, 0.15) is 28.5 Å². The lowest BCUT2D eigenvalue weighted by Crippen LogP contribution is -2.22. The van der Waals surface area contributed by atoms with E-state index in [1.165, 1.54) is 17.0 Å². The maximum atomic E-state index is 12.1. The lowest BCUT2D eigenvalue weighted by Gasteiger charge is -2.11. The molecule has 5 heteroatoms. The van der Waals surface area contributed by atoms with Gasteiger partial charge in [0.15, 0.2) is 5.69 Å². The Morgan fingerprint density at radius 3 is 2.75 bits per heavy atom. The number of nitrogens with zero attached hydrogens (tertiary/aromatic N) is 2. The standard InChI is InChI=1S/C15H16N2O3/c1-4-20-15(19)12-8-14(18)17(9-16-12)13-7-5-6-10(2)11(13)3/h5-9H,4H2,1-3H3. The van der Waals surface area contributed by atoms with E-state index >= 15 is 0 Å². The fraction of sp³-hybridized carbons (Fsp3) is 0.267. The largest absolute Gasteiger partial charge is 0.461 e. The molecule has 1 aromatic heterocycles. The van der Waals surface area contributed by atoms with Crippen molar-refractivity contribution in [3.63, 3.8) is 0 Å². The summed E-state index contributed by atoms with van der Waals surface area (Å²) in [6, 6.07) is 6.89. The van der Waals surface area contributed by atoms with Crippen LogP contribution in [0.2, 0.25) is 0 Å². The van der Waals surface area contributed by atoms with Crippen molar-refractivity contribution in [2.45, 2.75) is 20.8 Å². The van der Waals surface area contributed by atoms with Crippen LogP contribution in [0.4, 0.5) is 0 Å². The highest BCUT2D eigenvalue weighted by Gasteiger charge is 2.11. The second-order valence-electron chi connectivity index (χ2n) is 4.42. The molecule has 0 radical (unpaired) electrons. The molecule has 2 aromatic rings. The highest BCUT2D eigenvalue weighted by Crippen LogP contribution is 2.15. The van der Waals surface area contributed by atoms with Crippen molar-refractivity contribution in [1.29, 1.82) is 0 Å². The number of hydrogen-bond acceptors (Lipinski definition) is 4. The van der Waals surface area contributed by atoms with Gasteiger partial charge >= 0.3 is 5.97 Å². The number of carbonyl (C=O) groups excluding carboxylic acids is 1. The first-order valence-electron chi connectivity index (χ1n) is 6.37. The summed E-state index contributed by atoms with van der Waals surface area (Å²) in [5.41, 5.74) is 2.57. The van der Waals surface area contributed by atoms with Gasteiger partial charge in [-0.25, -0.2) is 9.78 Å². The van der Waals surface area contributed by atoms with Gasteiger partial charge in [-0.1, -0.05) is 12.1 Å². The monoisotopic (exact) mass is 272 g/mol. The van der Waals surface area contributed by atoms with E-state index in [1.54, 1.807) is 6.92 Å². The fourth-order valence-electron chi connectivity index (χ4n) is 1.89. The third-order valence-corrected chi connectivity index (χ3v) is 3.13. The van der Waals surface area contributed by atoms with E-state index in [0.717, 1.165) is 16.8 Å². The molecule has 104 valence electrons.